The molecule has 2 heteroatoms. The van der Waals surface area contributed by atoms with Crippen molar-refractivity contribution < 1.29 is 9.78 Å². The molecule has 0 spiro atoms. The monoisotopic (exact) mass is 188 g/mol. The van der Waals surface area contributed by atoms with Gasteiger partial charge in [0.05, 0.1) is 13.2 Å². The van der Waals surface area contributed by atoms with E-state index in [2.05, 4.69) is 6.92 Å². The fourth-order valence-electron chi connectivity index (χ4n) is 1.26. The minimum atomic E-state index is 0.649. The lowest BCUT2D eigenvalue weighted by Gasteiger charge is -2.01. The Balaban J connectivity index is 2.76. The number of hydrogen-bond donors (Lipinski definition) is 0. The van der Waals surface area contributed by atoms with Gasteiger partial charge in [0.2, 0.25) is 0 Å². The van der Waals surface area contributed by atoms with E-state index in [1.165, 1.54) is 38.5 Å². The minimum absolute atomic E-state index is 0.649. The van der Waals surface area contributed by atoms with Crippen LogP contribution in [0.2, 0.25) is 0 Å². The highest BCUT2D eigenvalue weighted by molar-refractivity contribution is 4.43. The molecule has 80 valence electrons. The molecule has 0 fully saturated rings. The van der Waals surface area contributed by atoms with Gasteiger partial charge >= 0.3 is 0 Å². The van der Waals surface area contributed by atoms with Gasteiger partial charge in [0, 0.05) is 0 Å². The normalized spacial score (nSPS) is 10.6. The van der Waals surface area contributed by atoms with E-state index in [9.17, 15) is 0 Å². The standard InChI is InChI=1S/C11H24O2/c1-3-5-6-7-8-9-10-11-13-12-4-2/h3-11H2,1-2H3. The van der Waals surface area contributed by atoms with Gasteiger partial charge in [-0.25, -0.2) is 9.78 Å². The summed E-state index contributed by atoms with van der Waals surface area (Å²) in [6.45, 7) is 5.58. The summed E-state index contributed by atoms with van der Waals surface area (Å²) in [6, 6.07) is 0. The summed E-state index contributed by atoms with van der Waals surface area (Å²) in [5, 5.41) is 0. The van der Waals surface area contributed by atoms with Crippen LogP contribution in [0, 0.1) is 0 Å². The minimum Gasteiger partial charge on any atom is -0.237 e. The zero-order valence-electron chi connectivity index (χ0n) is 9.18. The van der Waals surface area contributed by atoms with Crippen LogP contribution in [0.25, 0.3) is 0 Å². The lowest BCUT2D eigenvalue weighted by molar-refractivity contribution is -0.291. The fourth-order valence-corrected chi connectivity index (χ4v) is 1.26. The Hall–Kier alpha value is -0.0800. The molecule has 0 aromatic heterocycles. The molecule has 0 bridgehead atoms. The summed E-state index contributed by atoms with van der Waals surface area (Å²) in [5.41, 5.74) is 0. The first-order valence-corrected chi connectivity index (χ1v) is 5.66. The van der Waals surface area contributed by atoms with E-state index in [1.54, 1.807) is 0 Å². The first-order valence-electron chi connectivity index (χ1n) is 5.66. The van der Waals surface area contributed by atoms with E-state index in [1.807, 2.05) is 6.92 Å². The second-order valence-electron chi connectivity index (χ2n) is 3.35. The molecule has 13 heavy (non-hydrogen) atoms. The quantitative estimate of drug-likeness (QED) is 0.295. The Labute approximate surface area is 82.5 Å². The lowest BCUT2D eigenvalue weighted by atomic mass is 10.1. The Kier molecular flexibility index (Phi) is 11.8. The average molecular weight is 188 g/mol. The van der Waals surface area contributed by atoms with Crippen LogP contribution in [0.3, 0.4) is 0 Å². The van der Waals surface area contributed by atoms with Gasteiger partial charge in [0.1, 0.15) is 0 Å². The maximum Gasteiger partial charge on any atom is 0.0822 e. The van der Waals surface area contributed by atoms with Crippen LogP contribution in [-0.4, -0.2) is 13.2 Å². The number of unbranched alkanes of at least 4 members (excludes halogenated alkanes) is 6. The molecule has 0 aromatic carbocycles. The maximum absolute atomic E-state index is 4.91. The van der Waals surface area contributed by atoms with Crippen LogP contribution >= 0.6 is 0 Å². The van der Waals surface area contributed by atoms with Gasteiger partial charge in [0.25, 0.3) is 0 Å². The van der Waals surface area contributed by atoms with Crippen molar-refractivity contribution in [1.82, 2.24) is 0 Å². The van der Waals surface area contributed by atoms with E-state index in [0.29, 0.717) is 6.61 Å². The molecule has 0 amide bonds. The molecule has 0 aliphatic carbocycles. The SMILES string of the molecule is CCCCCCCCCOOCC. The third-order valence-electron chi connectivity index (χ3n) is 2.03. The largest absolute Gasteiger partial charge is 0.237 e. The molecular formula is C11H24O2. The summed E-state index contributed by atoms with van der Waals surface area (Å²) in [4.78, 5) is 9.69. The van der Waals surface area contributed by atoms with Crippen molar-refractivity contribution in [3.8, 4) is 0 Å². The molecular weight excluding hydrogens is 164 g/mol. The van der Waals surface area contributed by atoms with Crippen molar-refractivity contribution in [3.05, 3.63) is 0 Å². The van der Waals surface area contributed by atoms with Gasteiger partial charge in [-0.1, -0.05) is 45.4 Å². The maximum atomic E-state index is 4.91. The van der Waals surface area contributed by atoms with Crippen molar-refractivity contribution in [2.24, 2.45) is 0 Å². The van der Waals surface area contributed by atoms with Crippen LogP contribution in [0.1, 0.15) is 58.8 Å². The molecule has 0 aliphatic rings. The Morgan fingerprint density at radius 3 is 1.92 bits per heavy atom. The van der Waals surface area contributed by atoms with Gasteiger partial charge in [-0.05, 0) is 13.3 Å². The zero-order chi connectivity index (χ0) is 9.78. The third-order valence-corrected chi connectivity index (χ3v) is 2.03. The second-order valence-corrected chi connectivity index (χ2v) is 3.35. The molecule has 0 rings (SSSR count). The predicted molar refractivity (Wildman–Crippen MR) is 55.6 cm³/mol. The zero-order valence-corrected chi connectivity index (χ0v) is 9.18. The highest BCUT2D eigenvalue weighted by atomic mass is 17.2. The molecule has 0 unspecified atom stereocenters. The molecule has 0 N–H and O–H groups in total. The first kappa shape index (κ1) is 12.9. The summed E-state index contributed by atoms with van der Waals surface area (Å²) < 4.78 is 0. The lowest BCUT2D eigenvalue weighted by Crippen LogP contribution is -1.95. The summed E-state index contributed by atoms with van der Waals surface area (Å²) in [6.07, 6.45) is 9.23. The van der Waals surface area contributed by atoms with E-state index in [4.69, 9.17) is 9.78 Å². The van der Waals surface area contributed by atoms with Gasteiger partial charge in [-0.2, -0.15) is 0 Å². The summed E-state index contributed by atoms with van der Waals surface area (Å²) >= 11 is 0. The molecule has 0 saturated carbocycles. The van der Waals surface area contributed by atoms with Gasteiger partial charge < -0.3 is 0 Å². The van der Waals surface area contributed by atoms with Crippen LogP contribution in [-0.2, 0) is 9.78 Å². The van der Waals surface area contributed by atoms with Crippen molar-refractivity contribution in [2.75, 3.05) is 13.2 Å². The summed E-state index contributed by atoms with van der Waals surface area (Å²) in [7, 11) is 0. The molecule has 0 aliphatic heterocycles. The smallest absolute Gasteiger partial charge is 0.0822 e. The molecule has 0 atom stereocenters. The fraction of sp³-hybridized carbons (Fsp3) is 1.00. The van der Waals surface area contributed by atoms with Crippen LogP contribution in [0.15, 0.2) is 0 Å². The molecule has 0 aromatic rings. The van der Waals surface area contributed by atoms with E-state index < -0.39 is 0 Å². The van der Waals surface area contributed by atoms with Crippen molar-refractivity contribution in [3.63, 3.8) is 0 Å². The van der Waals surface area contributed by atoms with Crippen molar-refractivity contribution in [2.45, 2.75) is 58.8 Å². The van der Waals surface area contributed by atoms with Gasteiger partial charge in [-0.3, -0.25) is 0 Å². The van der Waals surface area contributed by atoms with Crippen LogP contribution in [0.4, 0.5) is 0 Å². The predicted octanol–water partition coefficient (Wildman–Crippen LogP) is 3.71. The van der Waals surface area contributed by atoms with Gasteiger partial charge in [-0.15, -0.1) is 0 Å². The van der Waals surface area contributed by atoms with Gasteiger partial charge in [0.15, 0.2) is 0 Å². The van der Waals surface area contributed by atoms with Crippen molar-refractivity contribution >= 4 is 0 Å². The van der Waals surface area contributed by atoms with Crippen LogP contribution < -0.4 is 0 Å². The molecule has 2 nitrogen and oxygen atoms in total. The molecule has 0 radical (unpaired) electrons. The van der Waals surface area contributed by atoms with E-state index in [-0.39, 0.29) is 0 Å². The van der Waals surface area contributed by atoms with Crippen molar-refractivity contribution in [1.29, 1.82) is 0 Å². The molecule has 0 heterocycles. The second kappa shape index (κ2) is 11.9. The number of hydrogen-bond acceptors (Lipinski definition) is 2. The molecule has 0 saturated heterocycles. The number of rotatable bonds is 10. The Bertz CT molecular complexity index is 74.2. The Morgan fingerprint density at radius 1 is 0.692 bits per heavy atom. The Morgan fingerprint density at radius 2 is 1.31 bits per heavy atom. The topological polar surface area (TPSA) is 18.5 Å². The average Bonchev–Trinajstić information content (AvgIpc) is 2.16. The highest BCUT2D eigenvalue weighted by Crippen LogP contribution is 2.06. The first-order chi connectivity index (χ1) is 6.41. The van der Waals surface area contributed by atoms with Crippen LogP contribution in [0.5, 0.6) is 0 Å². The highest BCUT2D eigenvalue weighted by Gasteiger charge is 1.91. The van der Waals surface area contributed by atoms with E-state index >= 15 is 0 Å². The summed E-state index contributed by atoms with van der Waals surface area (Å²) in [5.74, 6) is 0. The van der Waals surface area contributed by atoms with E-state index in [0.717, 1.165) is 13.0 Å². The third kappa shape index (κ3) is 11.9.